The van der Waals surface area contributed by atoms with Crippen molar-refractivity contribution in [2.75, 3.05) is 0 Å². The topological polar surface area (TPSA) is 132 Å². The summed E-state index contributed by atoms with van der Waals surface area (Å²) >= 11 is 0. The molecule has 0 bridgehead atoms. The van der Waals surface area contributed by atoms with Gasteiger partial charge in [-0.15, -0.1) is 0 Å². The van der Waals surface area contributed by atoms with E-state index in [4.69, 9.17) is 10.2 Å². The zero-order valence-corrected chi connectivity index (χ0v) is 12.5. The van der Waals surface area contributed by atoms with Gasteiger partial charge in [0.05, 0.1) is 16.0 Å². The van der Waals surface area contributed by atoms with E-state index in [1.807, 2.05) is 0 Å². The van der Waals surface area contributed by atoms with Crippen molar-refractivity contribution in [3.63, 3.8) is 0 Å². The van der Waals surface area contributed by atoms with Gasteiger partial charge < -0.3 is 14.8 Å². The van der Waals surface area contributed by atoms with E-state index in [2.05, 4.69) is 0 Å². The number of carboxylic acid groups (broad SMARTS) is 2. The number of carbonyl (C=O) groups is 2. The molecule has 0 saturated carbocycles. The van der Waals surface area contributed by atoms with Gasteiger partial charge in [-0.2, -0.15) is 0 Å². The monoisotopic (exact) mass is 284 g/mol. The second-order valence-electron chi connectivity index (χ2n) is 2.81. The Morgan fingerprint density at radius 3 is 1.59 bits per heavy atom. The summed E-state index contributed by atoms with van der Waals surface area (Å²) in [7, 11) is -4.89. The van der Waals surface area contributed by atoms with Crippen molar-refractivity contribution in [2.45, 2.75) is 4.90 Å². The van der Waals surface area contributed by atoms with Gasteiger partial charge in [-0.3, -0.25) is 0 Å². The van der Waals surface area contributed by atoms with Crippen molar-refractivity contribution in [3.05, 3.63) is 29.3 Å². The number of rotatable bonds is 3. The molecule has 0 aromatic heterocycles. The molecule has 2 N–H and O–H groups in total. The maximum atomic E-state index is 10.6. The number of hydrogen-bond donors (Lipinski definition) is 2. The van der Waals surface area contributed by atoms with Gasteiger partial charge in [0.25, 0.3) is 0 Å². The van der Waals surface area contributed by atoms with E-state index >= 15 is 0 Å². The molecular formula is C8H5KO7S. The molecule has 1 rings (SSSR count). The SMILES string of the molecule is O=C(O)c1cc(C(=O)O)cc(S(=O)(=O)[O-])c1.[K+]. The number of hydrogen-bond acceptors (Lipinski definition) is 5. The van der Waals surface area contributed by atoms with Crippen LogP contribution < -0.4 is 51.4 Å². The van der Waals surface area contributed by atoms with Crippen LogP contribution in [0.4, 0.5) is 0 Å². The van der Waals surface area contributed by atoms with Gasteiger partial charge in [-0.1, -0.05) is 0 Å². The van der Waals surface area contributed by atoms with Gasteiger partial charge in [0, 0.05) is 0 Å². The minimum absolute atomic E-state index is 0. The molecule has 86 valence electrons. The summed E-state index contributed by atoms with van der Waals surface area (Å²) in [5.74, 6) is -3.04. The van der Waals surface area contributed by atoms with Crippen LogP contribution in [0.15, 0.2) is 23.1 Å². The van der Waals surface area contributed by atoms with Crippen LogP contribution in [0.25, 0.3) is 0 Å². The van der Waals surface area contributed by atoms with Gasteiger partial charge in [0.15, 0.2) is 0 Å². The molecule has 0 atom stereocenters. The molecule has 0 aliphatic carbocycles. The van der Waals surface area contributed by atoms with Crippen LogP contribution >= 0.6 is 0 Å². The fraction of sp³-hybridized carbons (Fsp3) is 0. The van der Waals surface area contributed by atoms with E-state index in [1.54, 1.807) is 0 Å². The summed E-state index contributed by atoms with van der Waals surface area (Å²) in [4.78, 5) is 20.2. The quantitative estimate of drug-likeness (QED) is 0.446. The summed E-state index contributed by atoms with van der Waals surface area (Å²) in [5.41, 5.74) is -1.15. The predicted molar refractivity (Wildman–Crippen MR) is 48.3 cm³/mol. The minimum atomic E-state index is -4.89. The van der Waals surface area contributed by atoms with Gasteiger partial charge in [0.1, 0.15) is 10.1 Å². The van der Waals surface area contributed by atoms with Crippen LogP contribution in [0.5, 0.6) is 0 Å². The van der Waals surface area contributed by atoms with E-state index in [-0.39, 0.29) is 51.4 Å². The summed E-state index contributed by atoms with van der Waals surface area (Å²) in [6.07, 6.45) is 0. The molecular weight excluding hydrogens is 279 g/mol. The second-order valence-corrected chi connectivity index (χ2v) is 4.19. The van der Waals surface area contributed by atoms with E-state index in [0.717, 1.165) is 6.07 Å². The van der Waals surface area contributed by atoms with Gasteiger partial charge >= 0.3 is 63.3 Å². The fourth-order valence-corrected chi connectivity index (χ4v) is 1.53. The van der Waals surface area contributed by atoms with E-state index in [0.29, 0.717) is 12.1 Å². The maximum absolute atomic E-state index is 10.6. The molecule has 9 heteroatoms. The van der Waals surface area contributed by atoms with Crippen LogP contribution in [0.2, 0.25) is 0 Å². The third-order valence-corrected chi connectivity index (χ3v) is 2.50. The third kappa shape index (κ3) is 4.47. The van der Waals surface area contributed by atoms with Gasteiger partial charge in [0.2, 0.25) is 0 Å². The molecule has 0 aliphatic rings. The first-order chi connectivity index (χ1) is 7.21. The Kier molecular flexibility index (Phi) is 5.94. The van der Waals surface area contributed by atoms with Crippen molar-refractivity contribution in [1.29, 1.82) is 0 Å². The first kappa shape index (κ1) is 16.7. The predicted octanol–water partition coefficient (Wildman–Crippen LogP) is -3.01. The largest absolute Gasteiger partial charge is 1.00 e. The molecule has 7 nitrogen and oxygen atoms in total. The zero-order valence-electron chi connectivity index (χ0n) is 8.58. The summed E-state index contributed by atoms with van der Waals surface area (Å²) in [5, 5.41) is 17.2. The van der Waals surface area contributed by atoms with Crippen molar-refractivity contribution in [3.8, 4) is 0 Å². The molecule has 0 amide bonds. The van der Waals surface area contributed by atoms with E-state index < -0.39 is 38.1 Å². The molecule has 0 radical (unpaired) electrons. The van der Waals surface area contributed by atoms with Crippen LogP contribution in [-0.4, -0.2) is 35.1 Å². The molecule has 1 aromatic carbocycles. The minimum Gasteiger partial charge on any atom is -0.744 e. The van der Waals surface area contributed by atoms with Crippen molar-refractivity contribution < 1.29 is 84.2 Å². The van der Waals surface area contributed by atoms with E-state index in [1.165, 1.54) is 0 Å². The van der Waals surface area contributed by atoms with Crippen LogP contribution in [0.3, 0.4) is 0 Å². The summed E-state index contributed by atoms with van der Waals surface area (Å²) < 4.78 is 31.9. The number of aromatic carboxylic acids is 2. The average Bonchev–Trinajstić information content (AvgIpc) is 2.15. The van der Waals surface area contributed by atoms with Crippen molar-refractivity contribution >= 4 is 22.1 Å². The summed E-state index contributed by atoms with van der Waals surface area (Å²) in [6.45, 7) is 0. The van der Waals surface area contributed by atoms with Crippen LogP contribution in [0, 0.1) is 0 Å². The molecule has 17 heavy (non-hydrogen) atoms. The Morgan fingerprint density at radius 2 is 1.35 bits per heavy atom. The van der Waals surface area contributed by atoms with Gasteiger partial charge in [-0.25, -0.2) is 18.0 Å². The zero-order chi connectivity index (χ0) is 12.5. The Hall–Kier alpha value is -0.294. The fourth-order valence-electron chi connectivity index (χ4n) is 0.990. The Labute approximate surface area is 139 Å². The standard InChI is InChI=1S/C8H6O7S.K/c9-7(10)4-1-5(8(11)12)3-6(2-4)16(13,14)15;/h1-3H,(H,9,10)(H,11,12)(H,13,14,15);/q;+1/p-1. The number of benzene rings is 1. The van der Waals surface area contributed by atoms with Crippen LogP contribution in [-0.2, 0) is 10.1 Å². The molecule has 0 saturated heterocycles. The molecule has 0 fully saturated rings. The van der Waals surface area contributed by atoms with Gasteiger partial charge in [-0.05, 0) is 18.2 Å². The van der Waals surface area contributed by atoms with Crippen molar-refractivity contribution in [2.24, 2.45) is 0 Å². The second kappa shape index (κ2) is 6.04. The molecule has 1 aromatic rings. The van der Waals surface area contributed by atoms with E-state index in [9.17, 15) is 22.6 Å². The molecule has 0 aliphatic heterocycles. The molecule has 0 spiro atoms. The Morgan fingerprint density at radius 1 is 1.00 bits per heavy atom. The molecule has 0 unspecified atom stereocenters. The average molecular weight is 284 g/mol. The normalized spacial score (nSPS) is 10.4. The summed E-state index contributed by atoms with van der Waals surface area (Å²) in [6, 6.07) is 1.98. The Bertz CT molecular complexity index is 531. The maximum Gasteiger partial charge on any atom is 1.00 e. The molecule has 0 heterocycles. The number of carboxylic acids is 2. The Balaban J connectivity index is 0.00000256. The van der Waals surface area contributed by atoms with Crippen molar-refractivity contribution in [1.82, 2.24) is 0 Å². The first-order valence-electron chi connectivity index (χ1n) is 3.79. The third-order valence-electron chi connectivity index (χ3n) is 1.69. The first-order valence-corrected chi connectivity index (χ1v) is 5.20. The smallest absolute Gasteiger partial charge is 0.744 e. The van der Waals surface area contributed by atoms with Crippen LogP contribution in [0.1, 0.15) is 20.7 Å².